The standard InChI is InChI=1S/C27H41NO11/c1-17(2)14-35-24(30)34-11-10-27(28,23(29)33-7)13-20-8-9-21(38-25(31)36-15-18(3)4)22(12-20)39-26(32)37-16-19(5)6/h8-9,12,17-19H,10-11,13-16,28H2,1-7H3. The predicted octanol–water partition coefficient (Wildman–Crippen LogP) is 4.64. The second-order valence-corrected chi connectivity index (χ2v) is 10.3. The van der Waals surface area contributed by atoms with Crippen molar-refractivity contribution in [3.8, 4) is 11.5 Å². The van der Waals surface area contributed by atoms with Crippen LogP contribution in [0.15, 0.2) is 18.2 Å². The van der Waals surface area contributed by atoms with Gasteiger partial charge >= 0.3 is 24.4 Å². The largest absolute Gasteiger partial charge is 0.513 e. The van der Waals surface area contributed by atoms with Crippen molar-refractivity contribution in [3.05, 3.63) is 23.8 Å². The second-order valence-electron chi connectivity index (χ2n) is 10.3. The van der Waals surface area contributed by atoms with Crippen LogP contribution in [0.2, 0.25) is 0 Å². The van der Waals surface area contributed by atoms with Gasteiger partial charge in [-0.05, 0) is 35.4 Å². The Hall–Kier alpha value is -3.54. The Bertz CT molecular complexity index is 961. The number of benzene rings is 1. The summed E-state index contributed by atoms with van der Waals surface area (Å²) in [6.45, 7) is 11.4. The van der Waals surface area contributed by atoms with E-state index >= 15 is 0 Å². The molecular weight excluding hydrogens is 514 g/mol. The van der Waals surface area contributed by atoms with Gasteiger partial charge in [-0.1, -0.05) is 47.6 Å². The van der Waals surface area contributed by atoms with Gasteiger partial charge in [0.2, 0.25) is 0 Å². The number of carbonyl (C=O) groups excluding carboxylic acids is 4. The first-order valence-electron chi connectivity index (χ1n) is 12.7. The van der Waals surface area contributed by atoms with E-state index < -0.39 is 30.0 Å². The molecule has 0 heterocycles. The van der Waals surface area contributed by atoms with Crippen molar-refractivity contribution in [1.29, 1.82) is 0 Å². The van der Waals surface area contributed by atoms with Crippen LogP contribution in [0.4, 0.5) is 14.4 Å². The van der Waals surface area contributed by atoms with Gasteiger partial charge in [-0.25, -0.2) is 14.4 Å². The molecule has 2 N–H and O–H groups in total. The Balaban J connectivity index is 3.11. The van der Waals surface area contributed by atoms with E-state index in [-0.39, 0.29) is 68.5 Å². The van der Waals surface area contributed by atoms with Crippen LogP contribution in [0.3, 0.4) is 0 Å². The van der Waals surface area contributed by atoms with Crippen molar-refractivity contribution in [2.75, 3.05) is 33.5 Å². The molecule has 0 bridgehead atoms. The molecule has 1 unspecified atom stereocenters. The lowest BCUT2D eigenvalue weighted by molar-refractivity contribution is -0.147. The zero-order chi connectivity index (χ0) is 29.6. The highest BCUT2D eigenvalue weighted by Crippen LogP contribution is 2.31. The lowest BCUT2D eigenvalue weighted by Gasteiger charge is -2.26. The number of nitrogens with two attached hydrogens (primary N) is 1. The van der Waals surface area contributed by atoms with Gasteiger partial charge in [-0.15, -0.1) is 0 Å². The highest BCUT2D eigenvalue weighted by molar-refractivity contribution is 5.81. The third kappa shape index (κ3) is 13.2. The van der Waals surface area contributed by atoms with E-state index in [0.29, 0.717) is 5.56 Å². The molecule has 12 heteroatoms. The highest BCUT2D eigenvalue weighted by atomic mass is 16.7. The van der Waals surface area contributed by atoms with Crippen LogP contribution in [0, 0.1) is 17.8 Å². The fraction of sp³-hybridized carbons (Fsp3) is 0.630. The Kier molecular flexibility index (Phi) is 14.1. The van der Waals surface area contributed by atoms with Crippen molar-refractivity contribution >= 4 is 24.4 Å². The summed E-state index contributed by atoms with van der Waals surface area (Å²) in [4.78, 5) is 48.7. The van der Waals surface area contributed by atoms with Gasteiger partial charge in [-0.3, -0.25) is 4.79 Å². The molecule has 0 saturated heterocycles. The third-order valence-corrected chi connectivity index (χ3v) is 4.88. The fourth-order valence-electron chi connectivity index (χ4n) is 2.96. The van der Waals surface area contributed by atoms with Crippen molar-refractivity contribution in [2.45, 2.75) is 59.9 Å². The average molecular weight is 556 g/mol. The Morgan fingerprint density at radius 2 is 1.23 bits per heavy atom. The predicted molar refractivity (Wildman–Crippen MR) is 139 cm³/mol. The molecule has 220 valence electrons. The zero-order valence-corrected chi connectivity index (χ0v) is 23.8. The van der Waals surface area contributed by atoms with Crippen LogP contribution in [0.1, 0.15) is 53.5 Å². The summed E-state index contributed by atoms with van der Waals surface area (Å²) in [5, 5.41) is 0. The minimum atomic E-state index is -1.61. The summed E-state index contributed by atoms with van der Waals surface area (Å²) in [5.74, 6) is -0.733. The summed E-state index contributed by atoms with van der Waals surface area (Å²) in [5.41, 5.74) is 5.19. The first-order chi connectivity index (χ1) is 18.2. The molecule has 0 saturated carbocycles. The molecule has 1 aromatic rings. The lowest BCUT2D eigenvalue weighted by Crippen LogP contribution is -2.51. The summed E-state index contributed by atoms with van der Waals surface area (Å²) in [6, 6.07) is 4.28. The van der Waals surface area contributed by atoms with E-state index in [1.165, 1.54) is 25.3 Å². The number of esters is 1. The molecular formula is C27H41NO11. The van der Waals surface area contributed by atoms with Gasteiger partial charge in [0.15, 0.2) is 11.5 Å². The van der Waals surface area contributed by atoms with E-state index in [1.807, 2.05) is 41.5 Å². The number of ether oxygens (including phenoxy) is 7. The molecule has 0 aromatic heterocycles. The summed E-state index contributed by atoms with van der Waals surface area (Å²) >= 11 is 0. The summed E-state index contributed by atoms with van der Waals surface area (Å²) in [6.07, 6.45) is -3.07. The number of carbonyl (C=O) groups is 4. The second kappa shape index (κ2) is 16.4. The smallest absolute Gasteiger partial charge is 0.468 e. The molecule has 1 rings (SSSR count). The quantitative estimate of drug-likeness (QED) is 0.193. The summed E-state index contributed by atoms with van der Waals surface area (Å²) < 4.78 is 35.5. The first-order valence-corrected chi connectivity index (χ1v) is 12.7. The van der Waals surface area contributed by atoms with Crippen LogP contribution in [0.5, 0.6) is 11.5 Å². The molecule has 1 atom stereocenters. The maximum Gasteiger partial charge on any atom is 0.513 e. The average Bonchev–Trinajstić information content (AvgIpc) is 2.86. The fourth-order valence-corrected chi connectivity index (χ4v) is 2.96. The van der Waals surface area contributed by atoms with Gasteiger partial charge in [-0.2, -0.15) is 0 Å². The molecule has 0 aliphatic carbocycles. The minimum Gasteiger partial charge on any atom is -0.468 e. The molecule has 0 radical (unpaired) electrons. The van der Waals surface area contributed by atoms with E-state index in [9.17, 15) is 19.2 Å². The molecule has 12 nitrogen and oxygen atoms in total. The molecule has 39 heavy (non-hydrogen) atoms. The van der Waals surface area contributed by atoms with Gasteiger partial charge in [0, 0.05) is 12.8 Å². The zero-order valence-electron chi connectivity index (χ0n) is 23.8. The van der Waals surface area contributed by atoms with Crippen molar-refractivity contribution in [1.82, 2.24) is 0 Å². The van der Waals surface area contributed by atoms with Gasteiger partial charge < -0.3 is 38.9 Å². The molecule has 0 aliphatic rings. The van der Waals surface area contributed by atoms with Gasteiger partial charge in [0.1, 0.15) is 5.54 Å². The van der Waals surface area contributed by atoms with Crippen molar-refractivity contribution in [3.63, 3.8) is 0 Å². The van der Waals surface area contributed by atoms with Crippen LogP contribution < -0.4 is 15.2 Å². The SMILES string of the molecule is COC(=O)C(N)(CCOC(=O)OCC(C)C)Cc1ccc(OC(=O)OCC(C)C)c(OC(=O)OCC(C)C)c1. The van der Waals surface area contributed by atoms with Crippen LogP contribution >= 0.6 is 0 Å². The van der Waals surface area contributed by atoms with E-state index in [2.05, 4.69) is 0 Å². The first kappa shape index (κ1) is 33.5. The molecule has 0 amide bonds. The van der Waals surface area contributed by atoms with E-state index in [0.717, 1.165) is 0 Å². The van der Waals surface area contributed by atoms with Gasteiger partial charge in [0.05, 0.1) is 33.5 Å². The molecule has 0 spiro atoms. The number of methoxy groups -OCH3 is 1. The number of rotatable bonds is 14. The summed E-state index contributed by atoms with van der Waals surface area (Å²) in [7, 11) is 1.18. The van der Waals surface area contributed by atoms with Crippen molar-refractivity contribution in [2.24, 2.45) is 23.5 Å². The maximum absolute atomic E-state index is 12.6. The van der Waals surface area contributed by atoms with Crippen LogP contribution in [-0.2, 0) is 34.9 Å². The van der Waals surface area contributed by atoms with Crippen molar-refractivity contribution < 1.29 is 52.3 Å². The maximum atomic E-state index is 12.6. The minimum absolute atomic E-state index is 0.0633. The lowest BCUT2D eigenvalue weighted by atomic mass is 9.88. The van der Waals surface area contributed by atoms with Crippen LogP contribution in [-0.4, -0.2) is 63.5 Å². The third-order valence-electron chi connectivity index (χ3n) is 4.88. The Labute approximate surface area is 229 Å². The monoisotopic (exact) mass is 555 g/mol. The van der Waals surface area contributed by atoms with E-state index in [1.54, 1.807) is 0 Å². The topological polar surface area (TPSA) is 159 Å². The Morgan fingerprint density at radius 1 is 0.744 bits per heavy atom. The molecule has 0 fully saturated rings. The molecule has 0 aliphatic heterocycles. The van der Waals surface area contributed by atoms with Gasteiger partial charge in [0.25, 0.3) is 0 Å². The highest BCUT2D eigenvalue weighted by Gasteiger charge is 2.36. The number of hydrogen-bond acceptors (Lipinski definition) is 12. The van der Waals surface area contributed by atoms with E-state index in [4.69, 9.17) is 38.9 Å². The van der Waals surface area contributed by atoms with Crippen LogP contribution in [0.25, 0.3) is 0 Å². The number of hydrogen-bond donors (Lipinski definition) is 1. The molecule has 1 aromatic carbocycles. The Morgan fingerprint density at radius 3 is 1.72 bits per heavy atom. The normalized spacial score (nSPS) is 12.5.